The van der Waals surface area contributed by atoms with E-state index in [4.69, 9.17) is 5.73 Å². The fourth-order valence-corrected chi connectivity index (χ4v) is 3.19. The topological polar surface area (TPSA) is 66.5 Å². The van der Waals surface area contributed by atoms with Gasteiger partial charge in [0, 0.05) is 12.1 Å². The Hall–Kier alpha value is 0.0969. The molecule has 16 heavy (non-hydrogen) atoms. The van der Waals surface area contributed by atoms with Gasteiger partial charge in [-0.15, -0.1) is 0 Å². The Morgan fingerprint density at radius 2 is 1.56 bits per heavy atom. The lowest BCUT2D eigenvalue weighted by molar-refractivity contribution is 0.350. The number of nitrogens with two attached hydrogens (primary N) is 1. The van der Waals surface area contributed by atoms with E-state index in [1.165, 1.54) is 32.1 Å². The predicted molar refractivity (Wildman–Crippen MR) is 71.4 cm³/mol. The summed E-state index contributed by atoms with van der Waals surface area (Å²) >= 11 is 0. The second-order valence-electron chi connectivity index (χ2n) is 4.86. The zero-order valence-electron chi connectivity index (χ0n) is 10.9. The van der Waals surface area contributed by atoms with Gasteiger partial charge in [0.15, 0.2) is 0 Å². The molecule has 0 aliphatic carbocycles. The number of rotatable bonds is 10. The first-order valence-electron chi connectivity index (χ1n) is 6.72. The maximum absolute atomic E-state index is 9.58. The maximum atomic E-state index is 9.58. The lowest BCUT2D eigenvalue weighted by Gasteiger charge is -2.20. The summed E-state index contributed by atoms with van der Waals surface area (Å²) in [6.07, 6.45) is 8.49. The Morgan fingerprint density at radius 3 is 2.12 bits per heavy atom. The Labute approximate surface area is 101 Å². The minimum absolute atomic E-state index is 0.0206. The molecule has 0 bridgehead atoms. The Kier molecular flexibility index (Phi) is 9.22. The van der Waals surface area contributed by atoms with Gasteiger partial charge < -0.3 is 15.3 Å². The third kappa shape index (κ3) is 9.33. The van der Waals surface area contributed by atoms with Crippen molar-refractivity contribution >= 4 is 8.56 Å². The van der Waals surface area contributed by atoms with Crippen LogP contribution in [-0.2, 0) is 0 Å². The van der Waals surface area contributed by atoms with E-state index in [9.17, 15) is 9.59 Å². The minimum atomic E-state index is -2.95. The zero-order valence-corrected chi connectivity index (χ0v) is 11.9. The first-order chi connectivity index (χ1) is 7.52. The van der Waals surface area contributed by atoms with Gasteiger partial charge >= 0.3 is 8.56 Å². The molecule has 0 rings (SSSR count). The van der Waals surface area contributed by atoms with Crippen molar-refractivity contribution in [2.75, 3.05) is 0 Å². The number of hydrogen-bond donors (Lipinski definition) is 3. The molecule has 0 saturated carbocycles. The Morgan fingerprint density at radius 1 is 1.00 bits per heavy atom. The second kappa shape index (κ2) is 9.16. The summed E-state index contributed by atoms with van der Waals surface area (Å²) < 4.78 is 0. The highest BCUT2D eigenvalue weighted by molar-refractivity contribution is 6.64. The second-order valence-corrected chi connectivity index (χ2v) is 7.94. The fourth-order valence-electron chi connectivity index (χ4n) is 1.85. The third-order valence-corrected chi connectivity index (χ3v) is 5.39. The highest BCUT2D eigenvalue weighted by atomic mass is 28.4. The van der Waals surface area contributed by atoms with Crippen molar-refractivity contribution in [3.05, 3.63) is 0 Å². The molecule has 0 fully saturated rings. The molecule has 0 aliphatic rings. The summed E-state index contributed by atoms with van der Waals surface area (Å²) in [5.74, 6) is 0. The Balaban J connectivity index is 3.40. The van der Waals surface area contributed by atoms with E-state index in [-0.39, 0.29) is 6.04 Å². The summed E-state index contributed by atoms with van der Waals surface area (Å²) in [6, 6.07) is 0.892. The summed E-state index contributed by atoms with van der Waals surface area (Å²) in [7, 11) is -2.95. The molecule has 98 valence electrons. The quantitative estimate of drug-likeness (QED) is 0.410. The molecule has 0 saturated heterocycles. The van der Waals surface area contributed by atoms with Crippen LogP contribution in [-0.4, -0.2) is 24.2 Å². The molecule has 1 unspecified atom stereocenters. The van der Waals surface area contributed by atoms with Gasteiger partial charge in [-0.1, -0.05) is 52.4 Å². The number of unbranched alkanes of at least 4 members (excludes halogenated alkanes) is 5. The molecule has 0 radical (unpaired) electrons. The first-order valence-corrected chi connectivity index (χ1v) is 9.03. The van der Waals surface area contributed by atoms with Crippen molar-refractivity contribution < 1.29 is 9.59 Å². The van der Waals surface area contributed by atoms with E-state index in [2.05, 4.69) is 6.92 Å². The molecule has 0 aromatic rings. The van der Waals surface area contributed by atoms with Crippen LogP contribution >= 0.6 is 0 Å². The van der Waals surface area contributed by atoms with Crippen LogP contribution in [0.3, 0.4) is 0 Å². The lowest BCUT2D eigenvalue weighted by Crippen LogP contribution is -2.40. The molecule has 4 N–H and O–H groups in total. The van der Waals surface area contributed by atoms with Crippen molar-refractivity contribution in [1.29, 1.82) is 0 Å². The summed E-state index contributed by atoms with van der Waals surface area (Å²) in [5.41, 5.74) is 5.89. The molecule has 4 heteroatoms. The Bertz CT molecular complexity index is 165. The van der Waals surface area contributed by atoms with Crippen LogP contribution in [0.5, 0.6) is 0 Å². The molecule has 0 heterocycles. The molecule has 0 spiro atoms. The SMILES string of the molecule is CCCCCCCCC(N)C[Si](O)(O)CC. The van der Waals surface area contributed by atoms with E-state index in [0.717, 1.165) is 12.8 Å². The van der Waals surface area contributed by atoms with Crippen LogP contribution in [0.2, 0.25) is 12.1 Å². The molecular formula is C12H29NO2Si. The van der Waals surface area contributed by atoms with Crippen LogP contribution in [0, 0.1) is 0 Å². The molecule has 0 aromatic heterocycles. The molecule has 3 nitrogen and oxygen atoms in total. The van der Waals surface area contributed by atoms with Gasteiger partial charge in [0.1, 0.15) is 0 Å². The van der Waals surface area contributed by atoms with Crippen LogP contribution in [0.25, 0.3) is 0 Å². The van der Waals surface area contributed by atoms with Crippen molar-refractivity contribution in [2.45, 2.75) is 76.9 Å². The lowest BCUT2D eigenvalue weighted by atomic mass is 10.1. The highest BCUT2D eigenvalue weighted by Crippen LogP contribution is 2.14. The van der Waals surface area contributed by atoms with Crippen LogP contribution in [0.4, 0.5) is 0 Å². The maximum Gasteiger partial charge on any atom is 0.334 e. The summed E-state index contributed by atoms with van der Waals surface area (Å²) in [5, 5.41) is 0. The van der Waals surface area contributed by atoms with E-state index in [1.54, 1.807) is 0 Å². The molecule has 0 aromatic carbocycles. The van der Waals surface area contributed by atoms with E-state index in [0.29, 0.717) is 12.1 Å². The van der Waals surface area contributed by atoms with Gasteiger partial charge in [0.05, 0.1) is 0 Å². The van der Waals surface area contributed by atoms with Crippen molar-refractivity contribution in [2.24, 2.45) is 5.73 Å². The zero-order chi connectivity index (χ0) is 12.4. The van der Waals surface area contributed by atoms with Gasteiger partial charge in [-0.3, -0.25) is 0 Å². The standard InChI is InChI=1S/C12H29NO2Si/c1-3-5-6-7-8-9-10-12(13)11-16(14,15)4-2/h12,14-15H,3-11,13H2,1-2H3. The van der Waals surface area contributed by atoms with Crippen LogP contribution in [0.1, 0.15) is 58.8 Å². The van der Waals surface area contributed by atoms with Crippen molar-refractivity contribution in [3.8, 4) is 0 Å². The van der Waals surface area contributed by atoms with Gasteiger partial charge in [0.2, 0.25) is 0 Å². The molecular weight excluding hydrogens is 218 g/mol. The van der Waals surface area contributed by atoms with E-state index < -0.39 is 8.56 Å². The van der Waals surface area contributed by atoms with E-state index in [1.807, 2.05) is 6.92 Å². The van der Waals surface area contributed by atoms with Gasteiger partial charge in [-0.2, -0.15) is 0 Å². The average Bonchev–Trinajstić information content (AvgIpc) is 2.22. The fraction of sp³-hybridized carbons (Fsp3) is 1.00. The summed E-state index contributed by atoms with van der Waals surface area (Å²) in [4.78, 5) is 19.2. The monoisotopic (exact) mass is 247 g/mol. The van der Waals surface area contributed by atoms with Crippen molar-refractivity contribution in [1.82, 2.24) is 0 Å². The van der Waals surface area contributed by atoms with E-state index >= 15 is 0 Å². The van der Waals surface area contributed by atoms with Gasteiger partial charge in [-0.25, -0.2) is 0 Å². The minimum Gasteiger partial charge on any atom is -0.411 e. The first kappa shape index (κ1) is 16.1. The van der Waals surface area contributed by atoms with Gasteiger partial charge in [-0.05, 0) is 12.5 Å². The smallest absolute Gasteiger partial charge is 0.334 e. The largest absolute Gasteiger partial charge is 0.411 e. The predicted octanol–water partition coefficient (Wildman–Crippen LogP) is 2.51. The van der Waals surface area contributed by atoms with Crippen LogP contribution in [0.15, 0.2) is 0 Å². The normalized spacial score (nSPS) is 14.1. The molecule has 0 aliphatic heterocycles. The molecule has 0 amide bonds. The summed E-state index contributed by atoms with van der Waals surface area (Å²) in [6.45, 7) is 4.04. The van der Waals surface area contributed by atoms with Crippen molar-refractivity contribution in [3.63, 3.8) is 0 Å². The highest BCUT2D eigenvalue weighted by Gasteiger charge is 2.28. The van der Waals surface area contributed by atoms with Crippen LogP contribution < -0.4 is 5.73 Å². The number of hydrogen-bond acceptors (Lipinski definition) is 3. The van der Waals surface area contributed by atoms with Gasteiger partial charge in [0.25, 0.3) is 0 Å². The third-order valence-electron chi connectivity index (χ3n) is 3.08. The average molecular weight is 247 g/mol. The molecule has 1 atom stereocenters.